The Hall–Kier alpha value is -1.34. The number of amides is 1. The third-order valence-electron chi connectivity index (χ3n) is 1.62. The highest BCUT2D eigenvalue weighted by molar-refractivity contribution is 7.98. The Kier molecular flexibility index (Phi) is 4.85. The van der Waals surface area contributed by atoms with Gasteiger partial charge in [-0.25, -0.2) is 15.8 Å². The van der Waals surface area contributed by atoms with Crippen LogP contribution in [0.2, 0.25) is 0 Å². The number of hydrazine groups is 1. The molecule has 7 heteroatoms. The second kappa shape index (κ2) is 6.20. The SMILES string of the molecule is CSCCNC(=O)c1cnc(NN)cn1. The molecule has 0 aliphatic carbocycles. The van der Waals surface area contributed by atoms with Crippen LogP contribution in [0.3, 0.4) is 0 Å². The number of hydrogen-bond donors (Lipinski definition) is 3. The molecule has 0 radical (unpaired) electrons. The predicted molar refractivity (Wildman–Crippen MR) is 60.6 cm³/mol. The van der Waals surface area contributed by atoms with E-state index in [9.17, 15) is 4.79 Å². The molecule has 1 amide bonds. The summed E-state index contributed by atoms with van der Waals surface area (Å²) < 4.78 is 0. The van der Waals surface area contributed by atoms with E-state index in [-0.39, 0.29) is 11.6 Å². The van der Waals surface area contributed by atoms with Gasteiger partial charge in [0.2, 0.25) is 0 Å². The van der Waals surface area contributed by atoms with Gasteiger partial charge in [0, 0.05) is 12.3 Å². The van der Waals surface area contributed by atoms with Gasteiger partial charge in [-0.15, -0.1) is 0 Å². The minimum Gasteiger partial charge on any atom is -0.350 e. The van der Waals surface area contributed by atoms with Gasteiger partial charge in [0.25, 0.3) is 5.91 Å². The molecule has 1 aromatic heterocycles. The first-order chi connectivity index (χ1) is 7.27. The zero-order valence-corrected chi connectivity index (χ0v) is 9.17. The molecule has 1 aromatic rings. The molecule has 0 saturated heterocycles. The summed E-state index contributed by atoms with van der Waals surface area (Å²) in [6, 6.07) is 0. The van der Waals surface area contributed by atoms with E-state index in [1.807, 2.05) is 6.26 Å². The van der Waals surface area contributed by atoms with Gasteiger partial charge in [-0.3, -0.25) is 4.79 Å². The number of carbonyl (C=O) groups is 1. The maximum atomic E-state index is 11.4. The van der Waals surface area contributed by atoms with Crippen LogP contribution in [-0.2, 0) is 0 Å². The van der Waals surface area contributed by atoms with Gasteiger partial charge in [-0.2, -0.15) is 11.8 Å². The van der Waals surface area contributed by atoms with Crippen LogP contribution in [0.25, 0.3) is 0 Å². The molecule has 82 valence electrons. The third-order valence-corrected chi connectivity index (χ3v) is 2.24. The van der Waals surface area contributed by atoms with Crippen LogP contribution >= 0.6 is 11.8 Å². The molecular weight excluding hydrogens is 214 g/mol. The minimum absolute atomic E-state index is 0.222. The molecule has 0 aromatic carbocycles. The zero-order valence-electron chi connectivity index (χ0n) is 8.36. The smallest absolute Gasteiger partial charge is 0.271 e. The molecule has 4 N–H and O–H groups in total. The van der Waals surface area contributed by atoms with E-state index in [4.69, 9.17) is 5.84 Å². The van der Waals surface area contributed by atoms with Gasteiger partial charge in [-0.05, 0) is 6.26 Å². The molecule has 0 saturated carbocycles. The molecule has 0 fully saturated rings. The number of aromatic nitrogens is 2. The topological polar surface area (TPSA) is 92.9 Å². The highest BCUT2D eigenvalue weighted by Gasteiger charge is 2.06. The Bertz CT molecular complexity index is 315. The third kappa shape index (κ3) is 3.72. The van der Waals surface area contributed by atoms with Crippen LogP contribution in [-0.4, -0.2) is 34.4 Å². The summed E-state index contributed by atoms with van der Waals surface area (Å²) in [5.74, 6) is 6.20. The first-order valence-corrected chi connectivity index (χ1v) is 5.73. The Labute approximate surface area is 92.0 Å². The van der Waals surface area contributed by atoms with E-state index in [0.717, 1.165) is 5.75 Å². The van der Waals surface area contributed by atoms with Gasteiger partial charge in [0.15, 0.2) is 5.82 Å². The molecule has 1 heterocycles. The van der Waals surface area contributed by atoms with E-state index in [1.54, 1.807) is 11.8 Å². The number of nitrogens with one attached hydrogen (secondary N) is 2. The monoisotopic (exact) mass is 227 g/mol. The standard InChI is InChI=1S/C8H13N5OS/c1-15-3-2-10-8(14)6-4-12-7(13-9)5-11-6/h4-5H,2-3,9H2,1H3,(H,10,14)(H,12,13). The number of nitrogens with zero attached hydrogens (tertiary/aromatic N) is 2. The first-order valence-electron chi connectivity index (χ1n) is 4.33. The van der Waals surface area contributed by atoms with Crippen LogP contribution in [0.5, 0.6) is 0 Å². The van der Waals surface area contributed by atoms with Gasteiger partial charge >= 0.3 is 0 Å². The summed E-state index contributed by atoms with van der Waals surface area (Å²) in [5.41, 5.74) is 2.62. The van der Waals surface area contributed by atoms with Crippen LogP contribution in [0.15, 0.2) is 12.4 Å². The normalized spacial score (nSPS) is 9.73. The van der Waals surface area contributed by atoms with Gasteiger partial charge < -0.3 is 10.7 Å². The maximum absolute atomic E-state index is 11.4. The second-order valence-electron chi connectivity index (χ2n) is 2.68. The summed E-state index contributed by atoms with van der Waals surface area (Å²) in [6.07, 6.45) is 4.76. The average molecular weight is 227 g/mol. The van der Waals surface area contributed by atoms with E-state index in [0.29, 0.717) is 12.4 Å². The van der Waals surface area contributed by atoms with Crippen LogP contribution in [0, 0.1) is 0 Å². The predicted octanol–water partition coefficient (Wildman–Crippen LogP) is -0.145. The lowest BCUT2D eigenvalue weighted by molar-refractivity contribution is 0.0951. The lowest BCUT2D eigenvalue weighted by atomic mass is 10.4. The first kappa shape index (κ1) is 11.7. The quantitative estimate of drug-likeness (QED) is 0.368. The molecule has 6 nitrogen and oxygen atoms in total. The summed E-state index contributed by atoms with van der Waals surface area (Å²) in [5, 5.41) is 2.72. The number of hydrogen-bond acceptors (Lipinski definition) is 6. The van der Waals surface area contributed by atoms with E-state index < -0.39 is 0 Å². The van der Waals surface area contributed by atoms with Crippen molar-refractivity contribution in [3.05, 3.63) is 18.1 Å². The summed E-state index contributed by atoms with van der Waals surface area (Å²) in [7, 11) is 0. The number of carbonyl (C=O) groups excluding carboxylic acids is 1. The van der Waals surface area contributed by atoms with Crippen molar-refractivity contribution in [1.82, 2.24) is 15.3 Å². The number of thioether (sulfide) groups is 1. The molecule has 0 unspecified atom stereocenters. The number of rotatable bonds is 5. The van der Waals surface area contributed by atoms with E-state index in [2.05, 4.69) is 20.7 Å². The highest BCUT2D eigenvalue weighted by Crippen LogP contribution is 1.98. The molecule has 0 aliphatic heterocycles. The molecule has 0 aliphatic rings. The largest absolute Gasteiger partial charge is 0.350 e. The second-order valence-corrected chi connectivity index (χ2v) is 3.67. The number of nitrogen functional groups attached to an aromatic ring is 1. The molecule has 0 spiro atoms. The van der Waals surface area contributed by atoms with Gasteiger partial charge in [0.1, 0.15) is 5.69 Å². The molecule has 0 atom stereocenters. The lowest BCUT2D eigenvalue weighted by Crippen LogP contribution is -2.26. The van der Waals surface area contributed by atoms with Crippen LogP contribution < -0.4 is 16.6 Å². The molecular formula is C8H13N5OS. The maximum Gasteiger partial charge on any atom is 0.271 e. The van der Waals surface area contributed by atoms with Gasteiger partial charge in [0.05, 0.1) is 12.4 Å². The lowest BCUT2D eigenvalue weighted by Gasteiger charge is -2.03. The minimum atomic E-state index is -0.222. The van der Waals surface area contributed by atoms with Crippen molar-refractivity contribution < 1.29 is 4.79 Å². The van der Waals surface area contributed by atoms with Crippen LogP contribution in [0.1, 0.15) is 10.5 Å². The Morgan fingerprint density at radius 2 is 2.33 bits per heavy atom. The summed E-state index contributed by atoms with van der Waals surface area (Å²) in [4.78, 5) is 19.2. The Balaban J connectivity index is 2.50. The molecule has 1 rings (SSSR count). The van der Waals surface area contributed by atoms with Crippen molar-refractivity contribution in [2.24, 2.45) is 5.84 Å². The van der Waals surface area contributed by atoms with Crippen molar-refractivity contribution in [2.75, 3.05) is 24.0 Å². The van der Waals surface area contributed by atoms with Crippen molar-refractivity contribution in [3.8, 4) is 0 Å². The Morgan fingerprint density at radius 1 is 1.53 bits per heavy atom. The van der Waals surface area contributed by atoms with E-state index in [1.165, 1.54) is 12.4 Å². The van der Waals surface area contributed by atoms with Gasteiger partial charge in [-0.1, -0.05) is 0 Å². The van der Waals surface area contributed by atoms with Crippen molar-refractivity contribution >= 4 is 23.5 Å². The number of nitrogens with two attached hydrogens (primary N) is 1. The van der Waals surface area contributed by atoms with E-state index >= 15 is 0 Å². The van der Waals surface area contributed by atoms with Crippen LogP contribution in [0.4, 0.5) is 5.82 Å². The Morgan fingerprint density at radius 3 is 2.87 bits per heavy atom. The number of anilines is 1. The van der Waals surface area contributed by atoms with Crippen molar-refractivity contribution in [3.63, 3.8) is 0 Å². The fraction of sp³-hybridized carbons (Fsp3) is 0.375. The summed E-state index contributed by atoms with van der Waals surface area (Å²) in [6.45, 7) is 0.624. The molecule has 0 bridgehead atoms. The summed E-state index contributed by atoms with van der Waals surface area (Å²) >= 11 is 1.67. The highest BCUT2D eigenvalue weighted by atomic mass is 32.2. The molecule has 15 heavy (non-hydrogen) atoms. The fourth-order valence-electron chi connectivity index (χ4n) is 0.877. The fourth-order valence-corrected chi connectivity index (χ4v) is 1.18. The zero-order chi connectivity index (χ0) is 11.1. The van der Waals surface area contributed by atoms with Crippen molar-refractivity contribution in [1.29, 1.82) is 0 Å². The average Bonchev–Trinajstić information content (AvgIpc) is 2.29. The van der Waals surface area contributed by atoms with Crippen molar-refractivity contribution in [2.45, 2.75) is 0 Å².